The van der Waals surface area contributed by atoms with Crippen LogP contribution in [0, 0.1) is 5.92 Å². The number of ether oxygens (including phenoxy) is 7. The summed E-state index contributed by atoms with van der Waals surface area (Å²) in [5.74, 6) is 0.613. The van der Waals surface area contributed by atoms with Crippen LogP contribution in [0.5, 0.6) is 0 Å². The summed E-state index contributed by atoms with van der Waals surface area (Å²) < 4.78 is 38.3. The summed E-state index contributed by atoms with van der Waals surface area (Å²) >= 11 is 0. The average Bonchev–Trinajstić information content (AvgIpc) is 2.76. The monoisotopic (exact) mass is 436 g/mol. The lowest BCUT2D eigenvalue weighted by molar-refractivity contribution is -0.0215. The number of rotatable bonds is 26. The highest BCUT2D eigenvalue weighted by Gasteiger charge is 1.98. The minimum absolute atomic E-state index is 0.563. The van der Waals surface area contributed by atoms with Gasteiger partial charge in [-0.1, -0.05) is 46.5 Å². The van der Waals surface area contributed by atoms with E-state index in [0.29, 0.717) is 85.2 Å². The summed E-state index contributed by atoms with van der Waals surface area (Å²) in [6.07, 6.45) is 6.09. The van der Waals surface area contributed by atoms with E-state index >= 15 is 0 Å². The van der Waals surface area contributed by atoms with Crippen molar-refractivity contribution in [3.8, 4) is 0 Å². The second-order valence-corrected chi connectivity index (χ2v) is 7.32. The third kappa shape index (κ3) is 25.8. The van der Waals surface area contributed by atoms with E-state index in [1.54, 1.807) is 0 Å². The van der Waals surface area contributed by atoms with E-state index in [-0.39, 0.29) is 0 Å². The second kappa shape index (κ2) is 26.8. The molecule has 0 heterocycles. The van der Waals surface area contributed by atoms with Gasteiger partial charge in [-0.2, -0.15) is 0 Å². The third-order valence-corrected chi connectivity index (χ3v) is 4.47. The number of hydrogen-bond acceptors (Lipinski definition) is 7. The van der Waals surface area contributed by atoms with Crippen LogP contribution in [-0.2, 0) is 33.2 Å². The lowest BCUT2D eigenvalue weighted by atomic mass is 10.1. The third-order valence-electron chi connectivity index (χ3n) is 4.47. The topological polar surface area (TPSA) is 64.6 Å². The molecular formula is C23H48O7. The molecule has 0 radical (unpaired) electrons. The van der Waals surface area contributed by atoms with Crippen molar-refractivity contribution in [1.29, 1.82) is 0 Å². The van der Waals surface area contributed by atoms with Crippen molar-refractivity contribution in [2.75, 3.05) is 92.5 Å². The highest BCUT2D eigenvalue weighted by molar-refractivity contribution is 4.46. The summed E-state index contributed by atoms with van der Waals surface area (Å²) in [6, 6.07) is 0. The van der Waals surface area contributed by atoms with E-state index in [1.807, 2.05) is 0 Å². The maximum Gasteiger partial charge on any atom is 0.0701 e. The van der Waals surface area contributed by atoms with Crippen LogP contribution in [0.1, 0.15) is 52.9 Å². The van der Waals surface area contributed by atoms with Crippen molar-refractivity contribution in [1.82, 2.24) is 0 Å². The Kier molecular flexibility index (Phi) is 26.5. The fourth-order valence-corrected chi connectivity index (χ4v) is 2.35. The molecule has 0 saturated heterocycles. The fraction of sp³-hybridized carbons (Fsp3) is 1.00. The molecule has 30 heavy (non-hydrogen) atoms. The molecule has 0 aromatic heterocycles. The maximum absolute atomic E-state index is 5.52. The normalized spacial score (nSPS) is 12.5. The largest absolute Gasteiger partial charge is 0.379 e. The molecule has 0 rings (SSSR count). The Morgan fingerprint density at radius 1 is 0.433 bits per heavy atom. The first kappa shape index (κ1) is 29.7. The van der Waals surface area contributed by atoms with Gasteiger partial charge in [0.05, 0.1) is 79.3 Å². The molecule has 182 valence electrons. The Balaban J connectivity index is 3.00. The Hall–Kier alpha value is -0.280. The molecule has 1 atom stereocenters. The quantitative estimate of drug-likeness (QED) is 0.191. The van der Waals surface area contributed by atoms with Gasteiger partial charge in [0.25, 0.3) is 0 Å². The SMILES string of the molecule is CCCCCCOCCOCCOCCOCCOCCOCCOCC(C)CC. The van der Waals surface area contributed by atoms with E-state index in [4.69, 9.17) is 33.2 Å². The van der Waals surface area contributed by atoms with Gasteiger partial charge in [0.1, 0.15) is 0 Å². The molecule has 0 aromatic carbocycles. The average molecular weight is 437 g/mol. The zero-order valence-corrected chi connectivity index (χ0v) is 19.9. The highest BCUT2D eigenvalue weighted by atomic mass is 16.6. The van der Waals surface area contributed by atoms with Crippen LogP contribution in [0.3, 0.4) is 0 Å². The molecule has 0 aromatic rings. The van der Waals surface area contributed by atoms with Crippen LogP contribution in [0.4, 0.5) is 0 Å². The Morgan fingerprint density at radius 2 is 0.800 bits per heavy atom. The molecule has 0 saturated carbocycles. The molecule has 0 amide bonds. The van der Waals surface area contributed by atoms with Gasteiger partial charge in [0.15, 0.2) is 0 Å². The van der Waals surface area contributed by atoms with E-state index < -0.39 is 0 Å². The molecule has 1 unspecified atom stereocenters. The van der Waals surface area contributed by atoms with Crippen molar-refractivity contribution < 1.29 is 33.2 Å². The van der Waals surface area contributed by atoms with Crippen LogP contribution < -0.4 is 0 Å². The molecule has 7 nitrogen and oxygen atoms in total. The van der Waals surface area contributed by atoms with Gasteiger partial charge >= 0.3 is 0 Å². The van der Waals surface area contributed by atoms with Crippen LogP contribution >= 0.6 is 0 Å². The first-order chi connectivity index (χ1) is 14.8. The molecule has 0 aliphatic rings. The summed E-state index contributed by atoms with van der Waals surface area (Å²) in [7, 11) is 0. The Morgan fingerprint density at radius 3 is 1.17 bits per heavy atom. The fourth-order valence-electron chi connectivity index (χ4n) is 2.35. The van der Waals surface area contributed by atoms with Crippen molar-refractivity contribution in [3.63, 3.8) is 0 Å². The summed E-state index contributed by atoms with van der Waals surface area (Å²) in [4.78, 5) is 0. The van der Waals surface area contributed by atoms with E-state index in [0.717, 1.165) is 26.1 Å². The smallest absolute Gasteiger partial charge is 0.0701 e. The molecule has 0 fully saturated rings. The van der Waals surface area contributed by atoms with Crippen LogP contribution in [0.15, 0.2) is 0 Å². The standard InChI is InChI=1S/C23H48O7/c1-4-6-7-8-9-24-10-11-25-12-13-26-14-15-27-16-17-28-18-19-29-20-21-30-22-23(3)5-2/h23H,4-22H2,1-3H3. The van der Waals surface area contributed by atoms with Gasteiger partial charge in [0, 0.05) is 13.2 Å². The molecule has 0 N–H and O–H groups in total. The van der Waals surface area contributed by atoms with Gasteiger partial charge < -0.3 is 33.2 Å². The van der Waals surface area contributed by atoms with Crippen LogP contribution in [0.2, 0.25) is 0 Å². The van der Waals surface area contributed by atoms with Crippen LogP contribution in [0.25, 0.3) is 0 Å². The summed E-state index contributed by atoms with van der Waals surface area (Å²) in [5, 5.41) is 0. The van der Waals surface area contributed by atoms with Crippen molar-refractivity contribution in [2.24, 2.45) is 5.92 Å². The van der Waals surface area contributed by atoms with Crippen molar-refractivity contribution in [2.45, 2.75) is 52.9 Å². The van der Waals surface area contributed by atoms with E-state index in [9.17, 15) is 0 Å². The van der Waals surface area contributed by atoms with Gasteiger partial charge in [-0.25, -0.2) is 0 Å². The first-order valence-corrected chi connectivity index (χ1v) is 11.8. The zero-order chi connectivity index (χ0) is 22.0. The number of unbranched alkanes of at least 4 members (excludes halogenated alkanes) is 3. The van der Waals surface area contributed by atoms with Gasteiger partial charge in [-0.15, -0.1) is 0 Å². The minimum atomic E-state index is 0.563. The van der Waals surface area contributed by atoms with Crippen molar-refractivity contribution >= 4 is 0 Å². The lowest BCUT2D eigenvalue weighted by Crippen LogP contribution is -2.15. The van der Waals surface area contributed by atoms with Gasteiger partial charge in [-0.3, -0.25) is 0 Å². The van der Waals surface area contributed by atoms with Crippen molar-refractivity contribution in [3.05, 3.63) is 0 Å². The van der Waals surface area contributed by atoms with Crippen LogP contribution in [-0.4, -0.2) is 92.5 Å². The predicted octanol–water partition coefficient (Wildman–Crippen LogP) is 3.73. The summed E-state index contributed by atoms with van der Waals surface area (Å²) in [6.45, 7) is 15.3. The Labute approximate surface area is 185 Å². The van der Waals surface area contributed by atoms with Gasteiger partial charge in [0.2, 0.25) is 0 Å². The molecule has 0 aliphatic heterocycles. The van der Waals surface area contributed by atoms with Gasteiger partial charge in [-0.05, 0) is 12.3 Å². The predicted molar refractivity (Wildman–Crippen MR) is 119 cm³/mol. The molecular weight excluding hydrogens is 388 g/mol. The Bertz CT molecular complexity index is 305. The number of hydrogen-bond donors (Lipinski definition) is 0. The molecule has 0 bridgehead atoms. The molecule has 0 spiro atoms. The zero-order valence-electron chi connectivity index (χ0n) is 19.9. The summed E-state index contributed by atoms with van der Waals surface area (Å²) in [5.41, 5.74) is 0. The second-order valence-electron chi connectivity index (χ2n) is 7.32. The van der Waals surface area contributed by atoms with E-state index in [2.05, 4.69) is 20.8 Å². The lowest BCUT2D eigenvalue weighted by Gasteiger charge is -2.10. The molecule has 0 aliphatic carbocycles. The molecule has 7 heteroatoms. The van der Waals surface area contributed by atoms with E-state index in [1.165, 1.54) is 19.3 Å². The highest BCUT2D eigenvalue weighted by Crippen LogP contribution is 2.00. The first-order valence-electron chi connectivity index (χ1n) is 11.8. The maximum atomic E-state index is 5.52. The minimum Gasteiger partial charge on any atom is -0.379 e.